The first-order chi connectivity index (χ1) is 15.6. The van der Waals surface area contributed by atoms with Crippen LogP contribution in [0.5, 0.6) is 0 Å². The third-order valence-corrected chi connectivity index (χ3v) is 6.95. The summed E-state index contributed by atoms with van der Waals surface area (Å²) in [7, 11) is 0. The molecule has 0 amide bonds. The van der Waals surface area contributed by atoms with Crippen molar-refractivity contribution in [2.75, 3.05) is 24.5 Å². The van der Waals surface area contributed by atoms with Crippen LogP contribution >= 0.6 is 34.8 Å². The summed E-state index contributed by atoms with van der Waals surface area (Å²) in [6, 6.07) is 29.3. The molecule has 1 aliphatic rings. The first-order valence-electron chi connectivity index (χ1n) is 10.7. The van der Waals surface area contributed by atoms with Crippen LogP contribution in [0, 0.1) is 0 Å². The minimum atomic E-state index is 0.167. The van der Waals surface area contributed by atoms with Crippen molar-refractivity contribution in [1.29, 1.82) is 0 Å². The largest absolute Gasteiger partial charge is 0.361 e. The predicted molar refractivity (Wildman–Crippen MR) is 137 cm³/mol. The number of piperazine rings is 1. The van der Waals surface area contributed by atoms with Gasteiger partial charge in [0.1, 0.15) is 0 Å². The number of benzene rings is 4. The Hall–Kier alpha value is -2.23. The van der Waals surface area contributed by atoms with Crippen LogP contribution in [0.4, 0.5) is 5.69 Å². The molecular weight excluding hydrogens is 459 g/mol. The van der Waals surface area contributed by atoms with Gasteiger partial charge in [-0.05, 0) is 58.3 Å². The molecule has 1 fully saturated rings. The van der Waals surface area contributed by atoms with E-state index in [-0.39, 0.29) is 6.04 Å². The molecule has 0 N–H and O–H groups in total. The van der Waals surface area contributed by atoms with Crippen LogP contribution < -0.4 is 4.90 Å². The van der Waals surface area contributed by atoms with E-state index in [1.807, 2.05) is 30.3 Å². The number of anilines is 1. The average Bonchev–Trinajstić information content (AvgIpc) is 2.80. The Labute approximate surface area is 203 Å². The lowest BCUT2D eigenvalue weighted by atomic mass is 10.0. The molecule has 5 heteroatoms. The molecule has 1 unspecified atom stereocenters. The lowest BCUT2D eigenvalue weighted by Gasteiger charge is -2.43. The lowest BCUT2D eigenvalue weighted by molar-refractivity contribution is 0.215. The molecule has 4 aromatic rings. The topological polar surface area (TPSA) is 6.48 Å². The van der Waals surface area contributed by atoms with Gasteiger partial charge in [-0.2, -0.15) is 0 Å². The minimum absolute atomic E-state index is 0.167. The van der Waals surface area contributed by atoms with Gasteiger partial charge in [0.05, 0.1) is 16.8 Å². The van der Waals surface area contributed by atoms with Crippen LogP contribution in [-0.2, 0) is 6.54 Å². The SMILES string of the molecule is Clc1ccc(C2CN(Cc3ccc4ccccc4c3)CCN2c2ccc(Cl)cc2Cl)cc1. The molecule has 5 rings (SSSR count). The van der Waals surface area contributed by atoms with Crippen molar-refractivity contribution >= 4 is 51.3 Å². The molecule has 1 aliphatic heterocycles. The highest BCUT2D eigenvalue weighted by Gasteiger charge is 2.29. The Balaban J connectivity index is 1.43. The second kappa shape index (κ2) is 9.33. The zero-order chi connectivity index (χ0) is 22.1. The van der Waals surface area contributed by atoms with Crippen molar-refractivity contribution in [3.8, 4) is 0 Å². The summed E-state index contributed by atoms with van der Waals surface area (Å²) < 4.78 is 0. The quantitative estimate of drug-likeness (QED) is 0.293. The highest BCUT2D eigenvalue weighted by atomic mass is 35.5. The first-order valence-corrected chi connectivity index (χ1v) is 11.9. The highest BCUT2D eigenvalue weighted by molar-refractivity contribution is 6.36. The highest BCUT2D eigenvalue weighted by Crippen LogP contribution is 2.37. The molecule has 0 aromatic heterocycles. The van der Waals surface area contributed by atoms with Crippen molar-refractivity contribution in [2.45, 2.75) is 12.6 Å². The zero-order valence-electron chi connectivity index (χ0n) is 17.5. The van der Waals surface area contributed by atoms with E-state index in [1.165, 1.54) is 21.9 Å². The number of nitrogens with zero attached hydrogens (tertiary/aromatic N) is 2. The molecule has 0 saturated carbocycles. The van der Waals surface area contributed by atoms with Gasteiger partial charge in [0.25, 0.3) is 0 Å². The Morgan fingerprint density at radius 1 is 0.719 bits per heavy atom. The van der Waals surface area contributed by atoms with Crippen LogP contribution in [0.2, 0.25) is 15.1 Å². The minimum Gasteiger partial charge on any atom is -0.361 e. The molecule has 0 spiro atoms. The molecule has 1 saturated heterocycles. The maximum Gasteiger partial charge on any atom is 0.0670 e. The van der Waals surface area contributed by atoms with Gasteiger partial charge in [0, 0.05) is 36.2 Å². The molecule has 1 heterocycles. The molecule has 32 heavy (non-hydrogen) atoms. The van der Waals surface area contributed by atoms with E-state index in [9.17, 15) is 0 Å². The molecule has 2 nitrogen and oxygen atoms in total. The second-order valence-corrected chi connectivity index (χ2v) is 9.55. The van der Waals surface area contributed by atoms with Gasteiger partial charge >= 0.3 is 0 Å². The smallest absolute Gasteiger partial charge is 0.0670 e. The fourth-order valence-electron chi connectivity index (χ4n) is 4.55. The Kier molecular flexibility index (Phi) is 6.30. The van der Waals surface area contributed by atoms with Crippen LogP contribution in [0.15, 0.2) is 84.9 Å². The number of hydrogen-bond donors (Lipinski definition) is 0. The monoisotopic (exact) mass is 480 g/mol. The van der Waals surface area contributed by atoms with Gasteiger partial charge in [-0.15, -0.1) is 0 Å². The number of hydrogen-bond acceptors (Lipinski definition) is 2. The summed E-state index contributed by atoms with van der Waals surface area (Å²) >= 11 is 18.9. The maximum absolute atomic E-state index is 6.60. The van der Waals surface area contributed by atoms with Crippen molar-refractivity contribution < 1.29 is 0 Å². The third kappa shape index (κ3) is 4.60. The molecule has 0 radical (unpaired) electrons. The normalized spacial score (nSPS) is 17.1. The number of fused-ring (bicyclic) bond motifs is 1. The van der Waals surface area contributed by atoms with Gasteiger partial charge in [-0.3, -0.25) is 4.90 Å². The fraction of sp³-hybridized carbons (Fsp3) is 0.185. The lowest BCUT2D eigenvalue weighted by Crippen LogP contribution is -2.48. The summed E-state index contributed by atoms with van der Waals surface area (Å²) in [5.41, 5.74) is 3.57. The summed E-state index contributed by atoms with van der Waals surface area (Å²) in [5.74, 6) is 0. The Morgan fingerprint density at radius 2 is 1.47 bits per heavy atom. The summed E-state index contributed by atoms with van der Waals surface area (Å²) in [6.07, 6.45) is 0. The van der Waals surface area contributed by atoms with Crippen molar-refractivity contribution in [1.82, 2.24) is 4.90 Å². The summed E-state index contributed by atoms with van der Waals surface area (Å²) in [6.45, 7) is 3.64. The molecule has 1 atom stereocenters. The van der Waals surface area contributed by atoms with E-state index in [1.54, 1.807) is 0 Å². The summed E-state index contributed by atoms with van der Waals surface area (Å²) in [5, 5.41) is 4.63. The van der Waals surface area contributed by atoms with E-state index in [0.29, 0.717) is 10.0 Å². The van der Waals surface area contributed by atoms with E-state index in [4.69, 9.17) is 34.8 Å². The van der Waals surface area contributed by atoms with E-state index in [0.717, 1.165) is 36.9 Å². The standard InChI is InChI=1S/C27H23Cl3N2/c28-23-9-7-21(8-10-23)27-18-31(13-14-32(27)26-12-11-24(29)16-25(26)30)17-19-5-6-20-3-1-2-4-22(20)15-19/h1-12,15-16,27H,13-14,17-18H2. The predicted octanol–water partition coefficient (Wildman–Crippen LogP) is 7.86. The average molecular weight is 482 g/mol. The van der Waals surface area contributed by atoms with Gasteiger partial charge in [-0.25, -0.2) is 0 Å². The van der Waals surface area contributed by atoms with Crippen molar-refractivity contribution in [3.63, 3.8) is 0 Å². The third-order valence-electron chi connectivity index (χ3n) is 6.16. The van der Waals surface area contributed by atoms with Crippen molar-refractivity contribution in [3.05, 3.63) is 111 Å². The molecular formula is C27H23Cl3N2. The van der Waals surface area contributed by atoms with Crippen LogP contribution in [-0.4, -0.2) is 24.5 Å². The van der Waals surface area contributed by atoms with Crippen molar-refractivity contribution in [2.24, 2.45) is 0 Å². The fourth-order valence-corrected chi connectivity index (χ4v) is 5.19. The molecule has 4 aromatic carbocycles. The van der Waals surface area contributed by atoms with E-state index >= 15 is 0 Å². The Morgan fingerprint density at radius 3 is 2.25 bits per heavy atom. The molecule has 162 valence electrons. The van der Waals surface area contributed by atoms with E-state index in [2.05, 4.69) is 64.4 Å². The first kappa shape index (κ1) is 21.6. The summed E-state index contributed by atoms with van der Waals surface area (Å²) in [4.78, 5) is 4.91. The maximum atomic E-state index is 6.60. The zero-order valence-corrected chi connectivity index (χ0v) is 19.8. The Bertz CT molecular complexity index is 1240. The van der Waals surface area contributed by atoms with Gasteiger partial charge in [-0.1, -0.05) is 83.3 Å². The van der Waals surface area contributed by atoms with Crippen LogP contribution in [0.3, 0.4) is 0 Å². The molecule has 0 bridgehead atoms. The number of halogens is 3. The van der Waals surface area contributed by atoms with Crippen LogP contribution in [0.1, 0.15) is 17.2 Å². The number of rotatable bonds is 4. The van der Waals surface area contributed by atoms with Crippen LogP contribution in [0.25, 0.3) is 10.8 Å². The van der Waals surface area contributed by atoms with Gasteiger partial charge in [0.2, 0.25) is 0 Å². The van der Waals surface area contributed by atoms with Gasteiger partial charge < -0.3 is 4.90 Å². The second-order valence-electron chi connectivity index (χ2n) is 8.27. The molecule has 0 aliphatic carbocycles. The van der Waals surface area contributed by atoms with Gasteiger partial charge in [0.15, 0.2) is 0 Å². The van der Waals surface area contributed by atoms with E-state index < -0.39 is 0 Å².